The van der Waals surface area contributed by atoms with Crippen LogP contribution in [0.4, 0.5) is 0 Å². The fourth-order valence-electron chi connectivity index (χ4n) is 5.57. The zero-order chi connectivity index (χ0) is 28.4. The molecule has 40 heavy (non-hydrogen) atoms. The van der Waals surface area contributed by atoms with Gasteiger partial charge in [-0.05, 0) is 51.8 Å². The van der Waals surface area contributed by atoms with Crippen LogP contribution in [0.25, 0.3) is 16.9 Å². The summed E-state index contributed by atoms with van der Waals surface area (Å²) in [6, 6.07) is 4.62. The number of aryl methyl sites for hydroxylation is 1. The standard InChI is InChI=1S/C27H36N6O6S/c1-4-38-22-11-10-20(40(36,37)32-14-12-31(13-15-32)17-23(34)39-5-2)16-21(22)25-29-27(35)24-18(3)28-26(33(24)30-25)19-8-6-7-9-19/h10-11,16,19H,4-9,12-15,17H2,1-3H3,(H,29,30,35). The van der Waals surface area contributed by atoms with Crippen molar-refractivity contribution < 1.29 is 22.7 Å². The molecule has 1 aliphatic heterocycles. The summed E-state index contributed by atoms with van der Waals surface area (Å²) in [6.45, 7) is 7.49. The lowest BCUT2D eigenvalue weighted by Crippen LogP contribution is -2.49. The molecule has 1 saturated heterocycles. The maximum atomic E-state index is 13.6. The highest BCUT2D eigenvalue weighted by Gasteiger charge is 2.31. The Morgan fingerprint density at radius 1 is 1.10 bits per heavy atom. The number of imidazole rings is 1. The SMILES string of the molecule is CCOC(=O)CN1CCN(S(=O)(=O)c2ccc(OCC)c(-c3nn4c(C5CCCC5)nc(C)c4c(=O)[nH]3)c2)CC1. The molecule has 1 aromatic carbocycles. The zero-order valence-corrected chi connectivity index (χ0v) is 24.0. The molecule has 1 saturated carbocycles. The molecular formula is C27H36N6O6S. The minimum atomic E-state index is -3.86. The summed E-state index contributed by atoms with van der Waals surface area (Å²) in [4.78, 5) is 34.5. The Kier molecular flexibility index (Phi) is 8.24. The second-order valence-corrected chi connectivity index (χ2v) is 12.1. The number of esters is 1. The summed E-state index contributed by atoms with van der Waals surface area (Å²) < 4.78 is 41.2. The van der Waals surface area contributed by atoms with Gasteiger partial charge in [-0.1, -0.05) is 12.8 Å². The number of hydrogen-bond donors (Lipinski definition) is 1. The van der Waals surface area contributed by atoms with Crippen LogP contribution in [0.1, 0.15) is 57.0 Å². The van der Waals surface area contributed by atoms with E-state index in [0.29, 0.717) is 48.8 Å². The maximum absolute atomic E-state index is 13.6. The van der Waals surface area contributed by atoms with Crippen molar-refractivity contribution in [3.8, 4) is 17.1 Å². The Balaban J connectivity index is 1.48. The minimum absolute atomic E-state index is 0.0744. The molecule has 0 spiro atoms. The monoisotopic (exact) mass is 572 g/mol. The Hall–Kier alpha value is -3.29. The predicted molar refractivity (Wildman–Crippen MR) is 148 cm³/mol. The van der Waals surface area contributed by atoms with Crippen LogP contribution < -0.4 is 10.3 Å². The topological polar surface area (TPSA) is 139 Å². The van der Waals surface area contributed by atoms with Crippen LogP contribution in [0, 0.1) is 6.92 Å². The lowest BCUT2D eigenvalue weighted by molar-refractivity contribution is -0.144. The largest absolute Gasteiger partial charge is 0.493 e. The highest BCUT2D eigenvalue weighted by atomic mass is 32.2. The number of piperazine rings is 1. The molecule has 13 heteroatoms. The number of carbonyl (C=O) groups is 1. The number of aromatic nitrogens is 4. The highest BCUT2D eigenvalue weighted by Crippen LogP contribution is 2.35. The molecule has 0 bridgehead atoms. The van der Waals surface area contributed by atoms with E-state index in [1.807, 2.05) is 11.8 Å². The van der Waals surface area contributed by atoms with Crippen LogP contribution in [0.2, 0.25) is 0 Å². The fourth-order valence-corrected chi connectivity index (χ4v) is 7.01. The number of carbonyl (C=O) groups excluding carboxylic acids is 1. The number of rotatable bonds is 9. The molecule has 2 aliphatic rings. The zero-order valence-electron chi connectivity index (χ0n) is 23.2. The number of fused-ring (bicyclic) bond motifs is 1. The quantitative estimate of drug-likeness (QED) is 0.383. The average Bonchev–Trinajstić information content (AvgIpc) is 3.57. The van der Waals surface area contributed by atoms with Gasteiger partial charge in [0.15, 0.2) is 11.3 Å². The summed E-state index contributed by atoms with van der Waals surface area (Å²) in [7, 11) is -3.86. The molecule has 12 nitrogen and oxygen atoms in total. The van der Waals surface area contributed by atoms with E-state index in [1.54, 1.807) is 24.4 Å². The van der Waals surface area contributed by atoms with Gasteiger partial charge in [0.05, 0.1) is 35.9 Å². The number of hydrogen-bond acceptors (Lipinski definition) is 9. The number of ether oxygens (including phenoxy) is 2. The van der Waals surface area contributed by atoms with Crippen LogP contribution >= 0.6 is 0 Å². The van der Waals surface area contributed by atoms with Gasteiger partial charge >= 0.3 is 5.97 Å². The van der Waals surface area contributed by atoms with Gasteiger partial charge in [-0.25, -0.2) is 17.9 Å². The molecular weight excluding hydrogens is 536 g/mol. The van der Waals surface area contributed by atoms with Gasteiger partial charge in [-0.2, -0.15) is 4.31 Å². The van der Waals surface area contributed by atoms with Crippen LogP contribution in [0.5, 0.6) is 5.75 Å². The van der Waals surface area contributed by atoms with Crippen molar-refractivity contribution in [1.29, 1.82) is 0 Å². The van der Waals surface area contributed by atoms with E-state index < -0.39 is 10.0 Å². The van der Waals surface area contributed by atoms with E-state index >= 15 is 0 Å². The number of H-pyrrole nitrogens is 1. The molecule has 0 radical (unpaired) electrons. The summed E-state index contributed by atoms with van der Waals surface area (Å²) in [5, 5.41) is 4.76. The molecule has 1 aliphatic carbocycles. The molecule has 0 atom stereocenters. The number of nitrogens with one attached hydrogen (secondary N) is 1. The van der Waals surface area contributed by atoms with Crippen molar-refractivity contribution in [3.05, 3.63) is 40.1 Å². The van der Waals surface area contributed by atoms with E-state index in [1.165, 1.54) is 16.4 Å². The van der Waals surface area contributed by atoms with Crippen molar-refractivity contribution in [2.75, 3.05) is 45.9 Å². The summed E-state index contributed by atoms with van der Waals surface area (Å²) in [5.41, 5.74) is 1.05. The van der Waals surface area contributed by atoms with Gasteiger partial charge < -0.3 is 14.5 Å². The van der Waals surface area contributed by atoms with E-state index in [9.17, 15) is 18.0 Å². The minimum Gasteiger partial charge on any atom is -0.493 e. The van der Waals surface area contributed by atoms with Crippen molar-refractivity contribution in [2.45, 2.75) is 57.3 Å². The first-order valence-electron chi connectivity index (χ1n) is 13.9. The normalized spacial score (nSPS) is 17.5. The highest BCUT2D eigenvalue weighted by molar-refractivity contribution is 7.89. The molecule has 5 rings (SSSR count). The Morgan fingerprint density at radius 3 is 2.50 bits per heavy atom. The third-order valence-electron chi connectivity index (χ3n) is 7.55. The fraction of sp³-hybridized carbons (Fsp3) is 0.556. The van der Waals surface area contributed by atoms with Gasteiger partial charge in [-0.3, -0.25) is 14.5 Å². The van der Waals surface area contributed by atoms with Gasteiger partial charge in [0, 0.05) is 32.1 Å². The smallest absolute Gasteiger partial charge is 0.320 e. The van der Waals surface area contributed by atoms with Crippen LogP contribution in [-0.2, 0) is 19.6 Å². The van der Waals surface area contributed by atoms with Crippen molar-refractivity contribution >= 4 is 21.5 Å². The maximum Gasteiger partial charge on any atom is 0.320 e. The molecule has 3 heterocycles. The summed E-state index contributed by atoms with van der Waals surface area (Å²) >= 11 is 0. The lowest BCUT2D eigenvalue weighted by atomic mass is 10.1. The first-order valence-corrected chi connectivity index (χ1v) is 15.3. The predicted octanol–water partition coefficient (Wildman–Crippen LogP) is 2.32. The van der Waals surface area contributed by atoms with E-state index in [0.717, 1.165) is 31.5 Å². The summed E-state index contributed by atoms with van der Waals surface area (Å²) in [5.74, 6) is 1.30. The Labute approximate surface area is 233 Å². The number of nitrogens with zero attached hydrogens (tertiary/aromatic N) is 5. The number of benzene rings is 1. The van der Waals surface area contributed by atoms with Gasteiger partial charge in [-0.15, -0.1) is 5.10 Å². The third-order valence-corrected chi connectivity index (χ3v) is 9.45. The first kappa shape index (κ1) is 28.2. The lowest BCUT2D eigenvalue weighted by Gasteiger charge is -2.33. The third kappa shape index (κ3) is 5.50. The number of aromatic amines is 1. The van der Waals surface area contributed by atoms with Crippen molar-refractivity contribution in [1.82, 2.24) is 28.8 Å². The van der Waals surface area contributed by atoms with Crippen LogP contribution in [0.3, 0.4) is 0 Å². The molecule has 216 valence electrons. The first-order chi connectivity index (χ1) is 19.2. The van der Waals surface area contributed by atoms with Gasteiger partial charge in [0.25, 0.3) is 5.56 Å². The van der Waals surface area contributed by atoms with E-state index in [-0.39, 0.29) is 47.8 Å². The van der Waals surface area contributed by atoms with E-state index in [4.69, 9.17) is 19.6 Å². The molecule has 2 fully saturated rings. The Bertz CT molecular complexity index is 1550. The van der Waals surface area contributed by atoms with Gasteiger partial charge in [0.1, 0.15) is 11.6 Å². The number of sulfonamides is 1. The van der Waals surface area contributed by atoms with Gasteiger partial charge in [0.2, 0.25) is 10.0 Å². The van der Waals surface area contributed by atoms with Crippen molar-refractivity contribution in [3.63, 3.8) is 0 Å². The molecule has 3 aromatic rings. The summed E-state index contributed by atoms with van der Waals surface area (Å²) in [6.07, 6.45) is 4.21. The molecule has 1 N–H and O–H groups in total. The molecule has 0 amide bonds. The Morgan fingerprint density at radius 2 is 1.82 bits per heavy atom. The second-order valence-electron chi connectivity index (χ2n) is 10.2. The van der Waals surface area contributed by atoms with Crippen LogP contribution in [0.15, 0.2) is 27.9 Å². The molecule has 0 unspecified atom stereocenters. The van der Waals surface area contributed by atoms with Crippen LogP contribution in [-0.4, -0.2) is 89.1 Å². The van der Waals surface area contributed by atoms with E-state index in [2.05, 4.69) is 4.98 Å². The second kappa shape index (κ2) is 11.7. The average molecular weight is 573 g/mol. The molecule has 2 aromatic heterocycles. The van der Waals surface area contributed by atoms with Crippen molar-refractivity contribution in [2.24, 2.45) is 0 Å².